The molecule has 0 fully saturated rings. The molecule has 3 heteroatoms. The molecule has 0 aromatic carbocycles. The minimum absolute atomic E-state index is 0.586. The molecular weight excluding hydrogens is 128 g/mol. The maximum absolute atomic E-state index is 8.57. The van der Waals surface area contributed by atoms with E-state index in [-0.39, 0.29) is 0 Å². The summed E-state index contributed by atoms with van der Waals surface area (Å²) >= 11 is 0. The SMILES string of the molecule is CCc1onc(C)c1C#N. The molecule has 0 bridgehead atoms. The standard InChI is InChI=1S/C7H8N2O/c1-3-7-6(4-8)5(2)9-10-7/h3H2,1-2H3. The van der Waals surface area contributed by atoms with Crippen LogP contribution in [0.15, 0.2) is 4.52 Å². The van der Waals surface area contributed by atoms with Gasteiger partial charge in [0.05, 0.1) is 5.69 Å². The van der Waals surface area contributed by atoms with Gasteiger partial charge in [-0.1, -0.05) is 12.1 Å². The van der Waals surface area contributed by atoms with Crippen LogP contribution in [-0.2, 0) is 6.42 Å². The fraction of sp³-hybridized carbons (Fsp3) is 0.429. The van der Waals surface area contributed by atoms with E-state index >= 15 is 0 Å². The van der Waals surface area contributed by atoms with E-state index in [1.54, 1.807) is 6.92 Å². The first-order chi connectivity index (χ1) is 4.79. The lowest BCUT2D eigenvalue weighted by molar-refractivity contribution is 0.382. The first kappa shape index (κ1) is 6.81. The van der Waals surface area contributed by atoms with Crippen LogP contribution in [0, 0.1) is 18.3 Å². The van der Waals surface area contributed by atoms with Gasteiger partial charge in [-0.3, -0.25) is 0 Å². The summed E-state index contributed by atoms with van der Waals surface area (Å²) in [5, 5.41) is 12.2. The summed E-state index contributed by atoms with van der Waals surface area (Å²) in [5.74, 6) is 0.681. The van der Waals surface area contributed by atoms with Gasteiger partial charge >= 0.3 is 0 Å². The van der Waals surface area contributed by atoms with Crippen molar-refractivity contribution in [3.63, 3.8) is 0 Å². The van der Waals surface area contributed by atoms with Crippen LogP contribution >= 0.6 is 0 Å². The highest BCUT2D eigenvalue weighted by Crippen LogP contribution is 2.11. The lowest BCUT2D eigenvalue weighted by Crippen LogP contribution is -1.81. The highest BCUT2D eigenvalue weighted by Gasteiger charge is 2.08. The topological polar surface area (TPSA) is 49.8 Å². The van der Waals surface area contributed by atoms with Crippen LogP contribution in [0.1, 0.15) is 23.9 Å². The number of nitriles is 1. The zero-order valence-electron chi connectivity index (χ0n) is 6.01. The van der Waals surface area contributed by atoms with Crippen molar-refractivity contribution in [1.82, 2.24) is 5.16 Å². The minimum Gasteiger partial charge on any atom is -0.360 e. The predicted molar refractivity (Wildman–Crippen MR) is 35.3 cm³/mol. The normalized spacial score (nSPS) is 9.30. The van der Waals surface area contributed by atoms with E-state index in [0.717, 1.165) is 6.42 Å². The third kappa shape index (κ3) is 0.883. The molecule has 0 saturated heterocycles. The minimum atomic E-state index is 0.586. The Kier molecular flexibility index (Phi) is 1.72. The highest BCUT2D eigenvalue weighted by molar-refractivity contribution is 5.34. The van der Waals surface area contributed by atoms with Crippen molar-refractivity contribution in [2.45, 2.75) is 20.3 Å². The second-order valence-corrected chi connectivity index (χ2v) is 2.03. The van der Waals surface area contributed by atoms with E-state index in [0.29, 0.717) is 17.0 Å². The van der Waals surface area contributed by atoms with Crippen molar-refractivity contribution in [1.29, 1.82) is 5.26 Å². The molecule has 0 aliphatic carbocycles. The fourth-order valence-corrected chi connectivity index (χ4v) is 0.801. The lowest BCUT2D eigenvalue weighted by atomic mass is 10.2. The Labute approximate surface area is 59.2 Å². The third-order valence-corrected chi connectivity index (χ3v) is 1.37. The van der Waals surface area contributed by atoms with E-state index in [4.69, 9.17) is 9.78 Å². The molecule has 1 aromatic rings. The summed E-state index contributed by atoms with van der Waals surface area (Å²) in [5.41, 5.74) is 1.27. The Morgan fingerprint density at radius 1 is 1.70 bits per heavy atom. The maximum Gasteiger partial charge on any atom is 0.154 e. The van der Waals surface area contributed by atoms with Crippen LogP contribution in [0.5, 0.6) is 0 Å². The smallest absolute Gasteiger partial charge is 0.154 e. The van der Waals surface area contributed by atoms with E-state index in [9.17, 15) is 0 Å². The monoisotopic (exact) mass is 136 g/mol. The Bertz CT molecular complexity index is 270. The molecule has 0 spiro atoms. The van der Waals surface area contributed by atoms with Crippen molar-refractivity contribution in [3.8, 4) is 6.07 Å². The van der Waals surface area contributed by atoms with Gasteiger partial charge in [0.15, 0.2) is 5.76 Å². The molecule has 0 atom stereocenters. The zero-order valence-corrected chi connectivity index (χ0v) is 6.01. The third-order valence-electron chi connectivity index (χ3n) is 1.37. The fourth-order valence-electron chi connectivity index (χ4n) is 0.801. The second-order valence-electron chi connectivity index (χ2n) is 2.03. The average Bonchev–Trinajstić information content (AvgIpc) is 2.30. The van der Waals surface area contributed by atoms with Crippen LogP contribution in [0.25, 0.3) is 0 Å². The zero-order chi connectivity index (χ0) is 7.56. The number of hydrogen-bond donors (Lipinski definition) is 0. The second kappa shape index (κ2) is 2.53. The van der Waals surface area contributed by atoms with Gasteiger partial charge in [0.25, 0.3) is 0 Å². The van der Waals surface area contributed by atoms with Crippen LogP contribution in [0.2, 0.25) is 0 Å². The molecule has 0 saturated carbocycles. The Balaban J connectivity index is 3.17. The number of hydrogen-bond acceptors (Lipinski definition) is 3. The van der Waals surface area contributed by atoms with E-state index < -0.39 is 0 Å². The van der Waals surface area contributed by atoms with Crippen LogP contribution in [0.3, 0.4) is 0 Å². The summed E-state index contributed by atoms with van der Waals surface area (Å²) in [6, 6.07) is 2.04. The molecule has 3 nitrogen and oxygen atoms in total. The van der Waals surface area contributed by atoms with Crippen molar-refractivity contribution in [2.24, 2.45) is 0 Å². The average molecular weight is 136 g/mol. The molecule has 0 aliphatic heterocycles. The summed E-state index contributed by atoms with van der Waals surface area (Å²) in [6.45, 7) is 3.70. The van der Waals surface area contributed by atoms with E-state index in [2.05, 4.69) is 5.16 Å². The van der Waals surface area contributed by atoms with Crippen LogP contribution in [0.4, 0.5) is 0 Å². The number of nitrogens with zero attached hydrogens (tertiary/aromatic N) is 2. The highest BCUT2D eigenvalue weighted by atomic mass is 16.5. The molecule has 0 N–H and O–H groups in total. The van der Waals surface area contributed by atoms with Gasteiger partial charge in [0.1, 0.15) is 11.6 Å². The van der Waals surface area contributed by atoms with Crippen LogP contribution < -0.4 is 0 Å². The maximum atomic E-state index is 8.57. The molecule has 0 unspecified atom stereocenters. The lowest BCUT2D eigenvalue weighted by Gasteiger charge is -1.83. The summed E-state index contributed by atoms with van der Waals surface area (Å²) < 4.78 is 4.86. The van der Waals surface area contributed by atoms with Crippen molar-refractivity contribution in [3.05, 3.63) is 17.0 Å². The number of aromatic nitrogens is 1. The number of aryl methyl sites for hydroxylation is 2. The van der Waals surface area contributed by atoms with Gasteiger partial charge in [0, 0.05) is 6.42 Å². The molecule has 0 aliphatic rings. The molecule has 1 aromatic heterocycles. The Hall–Kier alpha value is -1.30. The molecule has 0 amide bonds. The van der Waals surface area contributed by atoms with Crippen molar-refractivity contribution >= 4 is 0 Å². The Morgan fingerprint density at radius 3 is 2.80 bits per heavy atom. The summed E-state index contributed by atoms with van der Waals surface area (Å²) in [6.07, 6.45) is 0.726. The first-order valence-electron chi connectivity index (χ1n) is 3.14. The van der Waals surface area contributed by atoms with Gasteiger partial charge in [-0.15, -0.1) is 0 Å². The molecular formula is C7H8N2O. The molecule has 10 heavy (non-hydrogen) atoms. The summed E-state index contributed by atoms with van der Waals surface area (Å²) in [7, 11) is 0. The van der Waals surface area contributed by atoms with Gasteiger partial charge < -0.3 is 4.52 Å². The first-order valence-corrected chi connectivity index (χ1v) is 3.14. The van der Waals surface area contributed by atoms with E-state index in [1.165, 1.54) is 0 Å². The van der Waals surface area contributed by atoms with Crippen molar-refractivity contribution in [2.75, 3.05) is 0 Å². The van der Waals surface area contributed by atoms with Gasteiger partial charge in [-0.2, -0.15) is 5.26 Å². The predicted octanol–water partition coefficient (Wildman–Crippen LogP) is 1.42. The number of rotatable bonds is 1. The van der Waals surface area contributed by atoms with Crippen molar-refractivity contribution < 1.29 is 4.52 Å². The Morgan fingerprint density at radius 2 is 2.40 bits per heavy atom. The molecule has 0 radical (unpaired) electrons. The van der Waals surface area contributed by atoms with E-state index in [1.807, 2.05) is 13.0 Å². The van der Waals surface area contributed by atoms with Gasteiger partial charge in [-0.25, -0.2) is 0 Å². The van der Waals surface area contributed by atoms with Gasteiger partial charge in [-0.05, 0) is 6.92 Å². The molecule has 52 valence electrons. The quantitative estimate of drug-likeness (QED) is 0.586. The van der Waals surface area contributed by atoms with Gasteiger partial charge in [0.2, 0.25) is 0 Å². The largest absolute Gasteiger partial charge is 0.360 e. The van der Waals surface area contributed by atoms with Crippen LogP contribution in [-0.4, -0.2) is 5.16 Å². The summed E-state index contributed by atoms with van der Waals surface area (Å²) in [4.78, 5) is 0. The molecule has 1 rings (SSSR count). The molecule has 1 heterocycles.